The van der Waals surface area contributed by atoms with Gasteiger partial charge in [-0.25, -0.2) is 0 Å². The summed E-state index contributed by atoms with van der Waals surface area (Å²) in [4.78, 5) is 0. The maximum atomic E-state index is 4.01. The number of hydrogen-bond acceptors (Lipinski definition) is 3. The second-order valence-electron chi connectivity index (χ2n) is 3.83. The second kappa shape index (κ2) is 4.75. The van der Waals surface area contributed by atoms with E-state index in [1.165, 1.54) is 11.1 Å². The normalized spacial score (nSPS) is 12.1. The van der Waals surface area contributed by atoms with Gasteiger partial charge in [0.1, 0.15) is 5.82 Å². The van der Waals surface area contributed by atoms with Crippen molar-refractivity contribution in [2.75, 3.05) is 5.32 Å². The molecule has 82 valence electrons. The van der Waals surface area contributed by atoms with Gasteiger partial charge in [-0.05, 0) is 37.1 Å². The molecule has 1 N–H and O–H groups in total. The summed E-state index contributed by atoms with van der Waals surface area (Å²) in [5.41, 5.74) is 2.57. The maximum absolute atomic E-state index is 4.01. The zero-order chi connectivity index (χ0) is 11.4. The summed E-state index contributed by atoms with van der Waals surface area (Å²) in [6.45, 7) is 4.24. The van der Waals surface area contributed by atoms with Gasteiger partial charge in [-0.1, -0.05) is 24.3 Å². The summed E-state index contributed by atoms with van der Waals surface area (Å²) >= 11 is 0. The highest BCUT2D eigenvalue weighted by Gasteiger charge is 2.07. The molecule has 1 heterocycles. The number of nitrogens with zero attached hydrogens (tertiary/aromatic N) is 2. The molecule has 1 aromatic carbocycles. The minimum Gasteiger partial charge on any atom is -0.362 e. The molecule has 2 aromatic rings. The van der Waals surface area contributed by atoms with Crippen molar-refractivity contribution in [3.63, 3.8) is 0 Å². The molecule has 1 unspecified atom stereocenters. The molecule has 0 amide bonds. The monoisotopic (exact) mass is 213 g/mol. The number of aromatic nitrogens is 2. The quantitative estimate of drug-likeness (QED) is 0.851. The van der Waals surface area contributed by atoms with E-state index in [2.05, 4.69) is 47.6 Å². The van der Waals surface area contributed by atoms with Crippen LogP contribution in [0.2, 0.25) is 0 Å². The molecule has 0 saturated carbocycles. The number of rotatable bonds is 3. The van der Waals surface area contributed by atoms with Gasteiger partial charge in [0, 0.05) is 6.20 Å². The molecule has 0 aliphatic carbocycles. The Bertz CT molecular complexity index is 454. The summed E-state index contributed by atoms with van der Waals surface area (Å²) < 4.78 is 0. The Kier molecular flexibility index (Phi) is 3.15. The van der Waals surface area contributed by atoms with Gasteiger partial charge in [0.15, 0.2) is 0 Å². The van der Waals surface area contributed by atoms with Crippen LogP contribution >= 0.6 is 0 Å². The van der Waals surface area contributed by atoms with E-state index < -0.39 is 0 Å². The third-order valence-electron chi connectivity index (χ3n) is 2.59. The number of anilines is 1. The zero-order valence-electron chi connectivity index (χ0n) is 9.51. The van der Waals surface area contributed by atoms with Crippen molar-refractivity contribution in [1.29, 1.82) is 0 Å². The minimum absolute atomic E-state index is 0.234. The summed E-state index contributed by atoms with van der Waals surface area (Å²) in [6, 6.07) is 12.4. The first kappa shape index (κ1) is 10.6. The largest absolute Gasteiger partial charge is 0.362 e. The van der Waals surface area contributed by atoms with Crippen molar-refractivity contribution in [2.45, 2.75) is 19.9 Å². The van der Waals surface area contributed by atoms with E-state index >= 15 is 0 Å². The molecular weight excluding hydrogens is 198 g/mol. The third kappa shape index (κ3) is 2.37. The lowest BCUT2D eigenvalue weighted by molar-refractivity contribution is 0.852. The molecule has 3 nitrogen and oxygen atoms in total. The first-order valence-corrected chi connectivity index (χ1v) is 5.37. The molecule has 0 radical (unpaired) electrons. The van der Waals surface area contributed by atoms with Crippen LogP contribution in [0.4, 0.5) is 5.82 Å². The van der Waals surface area contributed by atoms with Crippen LogP contribution in [0.3, 0.4) is 0 Å². The van der Waals surface area contributed by atoms with Crippen molar-refractivity contribution in [2.24, 2.45) is 0 Å². The fraction of sp³-hybridized carbons (Fsp3) is 0.231. The van der Waals surface area contributed by atoms with Crippen LogP contribution in [0, 0.1) is 6.92 Å². The SMILES string of the molecule is Cc1ccccc1C(C)Nc1cccnn1. The van der Waals surface area contributed by atoms with Gasteiger partial charge in [0.05, 0.1) is 6.04 Å². The maximum Gasteiger partial charge on any atom is 0.149 e. The Morgan fingerprint density at radius 3 is 2.62 bits per heavy atom. The molecule has 0 aliphatic rings. The van der Waals surface area contributed by atoms with Gasteiger partial charge in [0.2, 0.25) is 0 Å². The highest BCUT2D eigenvalue weighted by molar-refractivity contribution is 5.38. The van der Waals surface area contributed by atoms with Crippen LogP contribution in [0.5, 0.6) is 0 Å². The predicted octanol–water partition coefficient (Wildman–Crippen LogP) is 2.96. The van der Waals surface area contributed by atoms with Gasteiger partial charge in [0.25, 0.3) is 0 Å². The second-order valence-corrected chi connectivity index (χ2v) is 3.83. The van der Waals surface area contributed by atoms with Gasteiger partial charge in [-0.3, -0.25) is 0 Å². The first-order chi connectivity index (χ1) is 7.77. The lowest BCUT2D eigenvalue weighted by atomic mass is 10.0. The highest BCUT2D eigenvalue weighted by Crippen LogP contribution is 2.20. The Labute approximate surface area is 95.5 Å². The van der Waals surface area contributed by atoms with E-state index in [1.54, 1.807) is 6.20 Å². The molecule has 16 heavy (non-hydrogen) atoms. The van der Waals surface area contributed by atoms with Crippen LogP contribution in [0.15, 0.2) is 42.6 Å². The van der Waals surface area contributed by atoms with Crippen molar-refractivity contribution in [3.05, 3.63) is 53.7 Å². The van der Waals surface area contributed by atoms with E-state index in [0.29, 0.717) is 0 Å². The summed E-state index contributed by atoms with van der Waals surface area (Å²) in [7, 11) is 0. The smallest absolute Gasteiger partial charge is 0.149 e. The average Bonchev–Trinajstić information content (AvgIpc) is 2.31. The fourth-order valence-corrected chi connectivity index (χ4v) is 1.75. The molecule has 0 bridgehead atoms. The van der Waals surface area contributed by atoms with Crippen LogP contribution < -0.4 is 5.32 Å². The minimum atomic E-state index is 0.234. The van der Waals surface area contributed by atoms with Gasteiger partial charge in [-0.15, -0.1) is 5.10 Å². The van der Waals surface area contributed by atoms with Crippen molar-refractivity contribution in [3.8, 4) is 0 Å². The van der Waals surface area contributed by atoms with Crippen LogP contribution in [0.25, 0.3) is 0 Å². The van der Waals surface area contributed by atoms with Crippen LogP contribution in [-0.2, 0) is 0 Å². The third-order valence-corrected chi connectivity index (χ3v) is 2.59. The molecule has 0 spiro atoms. The number of nitrogens with one attached hydrogen (secondary N) is 1. The Hall–Kier alpha value is -1.90. The molecule has 3 heteroatoms. The van der Waals surface area contributed by atoms with Gasteiger partial charge >= 0.3 is 0 Å². The lowest BCUT2D eigenvalue weighted by Crippen LogP contribution is -2.09. The topological polar surface area (TPSA) is 37.8 Å². The molecule has 0 aliphatic heterocycles. The van der Waals surface area contributed by atoms with Gasteiger partial charge < -0.3 is 5.32 Å². The molecule has 1 aromatic heterocycles. The standard InChI is InChI=1S/C13H15N3/c1-10-6-3-4-7-12(10)11(2)15-13-8-5-9-14-16-13/h3-9,11H,1-2H3,(H,15,16). The van der Waals surface area contributed by atoms with E-state index in [0.717, 1.165) is 5.82 Å². The van der Waals surface area contributed by atoms with E-state index in [9.17, 15) is 0 Å². The highest BCUT2D eigenvalue weighted by atomic mass is 15.2. The fourth-order valence-electron chi connectivity index (χ4n) is 1.75. The Balaban J connectivity index is 2.15. The van der Waals surface area contributed by atoms with Crippen LogP contribution in [0.1, 0.15) is 24.1 Å². The van der Waals surface area contributed by atoms with Crippen molar-refractivity contribution in [1.82, 2.24) is 10.2 Å². The van der Waals surface area contributed by atoms with E-state index in [-0.39, 0.29) is 6.04 Å². The lowest BCUT2D eigenvalue weighted by Gasteiger charge is -2.16. The van der Waals surface area contributed by atoms with Crippen LogP contribution in [-0.4, -0.2) is 10.2 Å². The Morgan fingerprint density at radius 1 is 1.12 bits per heavy atom. The number of hydrogen-bond donors (Lipinski definition) is 1. The summed E-state index contributed by atoms with van der Waals surface area (Å²) in [5, 5.41) is 11.2. The summed E-state index contributed by atoms with van der Waals surface area (Å²) in [6.07, 6.45) is 1.67. The Morgan fingerprint density at radius 2 is 1.94 bits per heavy atom. The number of benzene rings is 1. The molecule has 0 fully saturated rings. The zero-order valence-corrected chi connectivity index (χ0v) is 9.51. The summed E-state index contributed by atoms with van der Waals surface area (Å²) in [5.74, 6) is 0.804. The van der Waals surface area contributed by atoms with Crippen molar-refractivity contribution < 1.29 is 0 Å². The molecule has 0 saturated heterocycles. The number of aryl methyl sites for hydroxylation is 1. The van der Waals surface area contributed by atoms with Crippen molar-refractivity contribution >= 4 is 5.82 Å². The van der Waals surface area contributed by atoms with E-state index in [4.69, 9.17) is 0 Å². The van der Waals surface area contributed by atoms with E-state index in [1.807, 2.05) is 18.2 Å². The van der Waals surface area contributed by atoms with Gasteiger partial charge in [-0.2, -0.15) is 5.10 Å². The predicted molar refractivity (Wildman–Crippen MR) is 65.2 cm³/mol. The molecular formula is C13H15N3. The first-order valence-electron chi connectivity index (χ1n) is 5.37. The average molecular weight is 213 g/mol. The molecule has 1 atom stereocenters. The molecule has 2 rings (SSSR count).